The van der Waals surface area contributed by atoms with Crippen molar-refractivity contribution < 1.29 is 9.90 Å². The van der Waals surface area contributed by atoms with Gasteiger partial charge in [0.1, 0.15) is 12.0 Å². The number of benzene rings is 1. The molecule has 3 aromatic heterocycles. The van der Waals surface area contributed by atoms with E-state index >= 15 is 0 Å². The minimum atomic E-state index is -0.317. The van der Waals surface area contributed by atoms with E-state index in [0.29, 0.717) is 17.2 Å². The largest absolute Gasteiger partial charge is 0.394 e. The fourth-order valence-electron chi connectivity index (χ4n) is 3.06. The van der Waals surface area contributed by atoms with Crippen molar-refractivity contribution in [2.45, 2.75) is 13.0 Å². The van der Waals surface area contributed by atoms with Crippen LogP contribution in [0.5, 0.6) is 0 Å². The summed E-state index contributed by atoms with van der Waals surface area (Å²) in [5.41, 5.74) is 3.47. The summed E-state index contributed by atoms with van der Waals surface area (Å²) in [4.78, 5) is 21.1. The lowest BCUT2D eigenvalue weighted by Crippen LogP contribution is -2.14. The maximum Gasteiger partial charge on any atom is 0.274 e. The Morgan fingerprint density at radius 2 is 1.97 bits per heavy atom. The lowest BCUT2D eigenvalue weighted by molar-refractivity contribution is 0.102. The summed E-state index contributed by atoms with van der Waals surface area (Å²) in [6.45, 7) is 1.85. The van der Waals surface area contributed by atoms with E-state index in [4.69, 9.17) is 0 Å². The van der Waals surface area contributed by atoms with Crippen LogP contribution < -0.4 is 5.32 Å². The van der Waals surface area contributed by atoms with Gasteiger partial charge in [-0.15, -0.1) is 10.2 Å². The average Bonchev–Trinajstić information content (AvgIpc) is 3.29. The van der Waals surface area contributed by atoms with Crippen LogP contribution in [0.25, 0.3) is 22.5 Å². The summed E-state index contributed by atoms with van der Waals surface area (Å²) in [6, 6.07) is 14.5. The highest BCUT2D eigenvalue weighted by atomic mass is 16.3. The predicted octanol–water partition coefficient (Wildman–Crippen LogP) is 3.21. The molecule has 0 aliphatic rings. The van der Waals surface area contributed by atoms with E-state index in [1.54, 1.807) is 41.6 Å². The third-order valence-corrected chi connectivity index (χ3v) is 4.68. The number of pyridine rings is 2. The molecule has 2 N–H and O–H groups in total. The van der Waals surface area contributed by atoms with Gasteiger partial charge in [-0.2, -0.15) is 0 Å². The van der Waals surface area contributed by atoms with Gasteiger partial charge in [-0.05, 0) is 42.8 Å². The number of rotatable bonds is 6. The highest BCUT2D eigenvalue weighted by Gasteiger charge is 2.14. The second-order valence-corrected chi connectivity index (χ2v) is 6.80. The molecule has 0 radical (unpaired) electrons. The molecule has 0 aliphatic carbocycles. The van der Waals surface area contributed by atoms with Crippen molar-refractivity contribution >= 4 is 11.6 Å². The summed E-state index contributed by atoms with van der Waals surface area (Å²) in [5, 5.41) is 20.4. The van der Waals surface area contributed by atoms with Crippen molar-refractivity contribution in [2.24, 2.45) is 0 Å². The van der Waals surface area contributed by atoms with Gasteiger partial charge in [-0.1, -0.05) is 18.2 Å². The second-order valence-electron chi connectivity index (χ2n) is 6.80. The van der Waals surface area contributed by atoms with Crippen LogP contribution in [-0.2, 0) is 0 Å². The third kappa shape index (κ3) is 4.08. The molecule has 1 unspecified atom stereocenters. The summed E-state index contributed by atoms with van der Waals surface area (Å²) in [7, 11) is 0. The third-order valence-electron chi connectivity index (χ3n) is 4.68. The first-order valence-corrected chi connectivity index (χ1v) is 9.44. The maximum atomic E-state index is 12.8. The first-order valence-electron chi connectivity index (χ1n) is 9.44. The number of carbonyl (C=O) groups excluding carboxylic acids is 1. The smallest absolute Gasteiger partial charge is 0.274 e. The molecule has 3 heterocycles. The molecular weight excluding hydrogens is 380 g/mol. The minimum Gasteiger partial charge on any atom is -0.394 e. The van der Waals surface area contributed by atoms with Gasteiger partial charge in [0.2, 0.25) is 0 Å². The fraction of sp³-hybridized carbons (Fsp3) is 0.136. The van der Waals surface area contributed by atoms with E-state index in [-0.39, 0.29) is 18.6 Å². The molecule has 4 aromatic rings. The number of nitrogens with one attached hydrogen (secondary N) is 1. The number of hydrogen-bond donors (Lipinski definition) is 2. The highest BCUT2D eigenvalue weighted by molar-refractivity contribution is 6.03. The summed E-state index contributed by atoms with van der Waals surface area (Å²) in [5.74, 6) is 0.299. The average molecular weight is 400 g/mol. The van der Waals surface area contributed by atoms with Crippen molar-refractivity contribution in [1.29, 1.82) is 0 Å². The standard InChI is InChI=1S/C22H20N6O2/c1-15(13-29)28-14-25-27-21(28)17-4-2-6-19(10-17)26-22(30)20-11-16(7-9-24-20)18-5-3-8-23-12-18/h2-12,14-15,29H,13H2,1H3,(H,26,30). The molecule has 0 saturated carbocycles. The number of aromatic nitrogens is 5. The Hall–Kier alpha value is -3.91. The molecular formula is C22H20N6O2. The lowest BCUT2D eigenvalue weighted by atomic mass is 10.1. The van der Waals surface area contributed by atoms with Gasteiger partial charge in [0.25, 0.3) is 5.91 Å². The van der Waals surface area contributed by atoms with E-state index in [9.17, 15) is 9.90 Å². The zero-order chi connectivity index (χ0) is 20.9. The molecule has 0 fully saturated rings. The van der Waals surface area contributed by atoms with Crippen LogP contribution in [-0.4, -0.2) is 42.4 Å². The Balaban J connectivity index is 1.57. The van der Waals surface area contributed by atoms with E-state index in [2.05, 4.69) is 25.5 Å². The number of nitrogens with zero attached hydrogens (tertiary/aromatic N) is 5. The Morgan fingerprint density at radius 1 is 1.10 bits per heavy atom. The van der Waals surface area contributed by atoms with Crippen LogP contribution in [0.3, 0.4) is 0 Å². The number of carbonyl (C=O) groups is 1. The lowest BCUT2D eigenvalue weighted by Gasteiger charge is -2.13. The summed E-state index contributed by atoms with van der Waals surface area (Å²) in [6.07, 6.45) is 6.62. The van der Waals surface area contributed by atoms with E-state index in [1.165, 1.54) is 0 Å². The number of aliphatic hydroxyl groups excluding tert-OH is 1. The van der Waals surface area contributed by atoms with Crippen LogP contribution >= 0.6 is 0 Å². The van der Waals surface area contributed by atoms with E-state index in [0.717, 1.165) is 16.7 Å². The summed E-state index contributed by atoms with van der Waals surface area (Å²) < 4.78 is 1.79. The molecule has 4 rings (SSSR count). The Labute approximate surface area is 173 Å². The van der Waals surface area contributed by atoms with Gasteiger partial charge in [-0.3, -0.25) is 14.8 Å². The molecule has 0 saturated heterocycles. The van der Waals surface area contributed by atoms with Crippen molar-refractivity contribution in [3.63, 3.8) is 0 Å². The molecule has 0 bridgehead atoms. The number of anilines is 1. The fourth-order valence-corrected chi connectivity index (χ4v) is 3.06. The highest BCUT2D eigenvalue weighted by Crippen LogP contribution is 2.24. The molecule has 8 nitrogen and oxygen atoms in total. The molecule has 1 aromatic carbocycles. The second kappa shape index (κ2) is 8.62. The normalized spacial score (nSPS) is 11.8. The molecule has 150 valence electrons. The van der Waals surface area contributed by atoms with Gasteiger partial charge in [0.15, 0.2) is 5.82 Å². The first kappa shape index (κ1) is 19.4. The van der Waals surface area contributed by atoms with Crippen molar-refractivity contribution in [3.8, 4) is 22.5 Å². The van der Waals surface area contributed by atoms with Crippen LogP contribution in [0, 0.1) is 0 Å². The molecule has 0 aliphatic heterocycles. The van der Waals surface area contributed by atoms with Gasteiger partial charge in [-0.25, -0.2) is 0 Å². The SMILES string of the molecule is CC(CO)n1cnnc1-c1cccc(NC(=O)c2cc(-c3cccnc3)ccn2)c1. The van der Waals surface area contributed by atoms with E-state index < -0.39 is 0 Å². The Kier molecular flexibility index (Phi) is 5.58. The first-order chi connectivity index (χ1) is 14.7. The number of hydrogen-bond acceptors (Lipinski definition) is 6. The summed E-state index contributed by atoms with van der Waals surface area (Å²) >= 11 is 0. The molecule has 1 atom stereocenters. The number of amides is 1. The van der Waals surface area contributed by atoms with E-state index in [1.807, 2.05) is 43.3 Å². The van der Waals surface area contributed by atoms with Gasteiger partial charge >= 0.3 is 0 Å². The molecule has 1 amide bonds. The molecule has 8 heteroatoms. The van der Waals surface area contributed by atoms with Gasteiger partial charge < -0.3 is 15.0 Å². The Morgan fingerprint density at radius 3 is 2.77 bits per heavy atom. The molecule has 30 heavy (non-hydrogen) atoms. The van der Waals surface area contributed by atoms with Crippen LogP contribution in [0.2, 0.25) is 0 Å². The zero-order valence-corrected chi connectivity index (χ0v) is 16.3. The minimum absolute atomic E-state index is 0.0274. The van der Waals surface area contributed by atoms with Gasteiger partial charge in [0, 0.05) is 35.4 Å². The van der Waals surface area contributed by atoms with Gasteiger partial charge in [0.05, 0.1) is 12.6 Å². The van der Waals surface area contributed by atoms with Crippen LogP contribution in [0.4, 0.5) is 5.69 Å². The number of aliphatic hydroxyl groups is 1. The monoisotopic (exact) mass is 400 g/mol. The van der Waals surface area contributed by atoms with Crippen molar-refractivity contribution in [2.75, 3.05) is 11.9 Å². The topological polar surface area (TPSA) is 106 Å². The zero-order valence-electron chi connectivity index (χ0n) is 16.3. The Bertz CT molecular complexity index is 1160. The quantitative estimate of drug-likeness (QED) is 0.515. The van der Waals surface area contributed by atoms with Crippen LogP contribution in [0.1, 0.15) is 23.5 Å². The predicted molar refractivity (Wildman–Crippen MR) is 113 cm³/mol. The maximum absolute atomic E-state index is 12.8. The van der Waals surface area contributed by atoms with Crippen molar-refractivity contribution in [1.82, 2.24) is 24.7 Å². The molecule has 0 spiro atoms. The van der Waals surface area contributed by atoms with Crippen LogP contribution in [0.15, 0.2) is 73.4 Å². The van der Waals surface area contributed by atoms with Crippen molar-refractivity contribution in [3.05, 3.63) is 79.1 Å².